The molecule has 2 aromatic rings. The minimum Gasteiger partial charge on any atom is -0.354 e. The maximum absolute atomic E-state index is 12.9. The van der Waals surface area contributed by atoms with Crippen molar-refractivity contribution in [3.63, 3.8) is 0 Å². The molecule has 0 bridgehead atoms. The first-order valence-electron chi connectivity index (χ1n) is 8.58. The fourth-order valence-electron chi connectivity index (χ4n) is 2.37. The molecular formula is C19H22FIN2O3S2. The largest absolute Gasteiger partial charge is 0.354 e. The minimum atomic E-state index is -3.56. The zero-order valence-corrected chi connectivity index (χ0v) is 19.2. The summed E-state index contributed by atoms with van der Waals surface area (Å²) in [6.07, 6.45) is 1.85. The Hall–Kier alpha value is -1.33. The van der Waals surface area contributed by atoms with Crippen LogP contribution in [0.15, 0.2) is 48.5 Å². The summed E-state index contributed by atoms with van der Waals surface area (Å²) in [6.45, 7) is 0.224. The molecule has 5 nitrogen and oxygen atoms in total. The van der Waals surface area contributed by atoms with E-state index in [-0.39, 0.29) is 18.3 Å². The van der Waals surface area contributed by atoms with E-state index in [0.717, 1.165) is 37.6 Å². The van der Waals surface area contributed by atoms with Crippen molar-refractivity contribution in [1.29, 1.82) is 0 Å². The first-order valence-corrected chi connectivity index (χ1v) is 12.7. The monoisotopic (exact) mass is 536 g/mol. The molecule has 0 fully saturated rings. The molecule has 0 radical (unpaired) electrons. The molecule has 1 amide bonds. The first kappa shape index (κ1) is 23.0. The van der Waals surface area contributed by atoms with Gasteiger partial charge in [-0.05, 0) is 76.7 Å². The normalized spacial score (nSPS) is 11.2. The van der Waals surface area contributed by atoms with Crippen molar-refractivity contribution in [3.8, 4) is 0 Å². The van der Waals surface area contributed by atoms with E-state index in [9.17, 15) is 17.6 Å². The number of sulfonamides is 1. The molecule has 0 saturated carbocycles. The highest BCUT2D eigenvalue weighted by molar-refractivity contribution is 14.1. The van der Waals surface area contributed by atoms with Gasteiger partial charge in [0.25, 0.3) is 0 Å². The molecule has 0 aliphatic heterocycles. The van der Waals surface area contributed by atoms with Gasteiger partial charge in [-0.2, -0.15) is 11.8 Å². The van der Waals surface area contributed by atoms with Crippen LogP contribution < -0.4 is 9.62 Å². The summed E-state index contributed by atoms with van der Waals surface area (Å²) in [6, 6.07) is 13.4. The molecule has 2 aromatic carbocycles. The second kappa shape index (κ2) is 11.0. The molecule has 2 rings (SSSR count). The van der Waals surface area contributed by atoms with Crippen LogP contribution in [-0.2, 0) is 20.6 Å². The van der Waals surface area contributed by atoms with Crippen molar-refractivity contribution in [2.75, 3.05) is 29.4 Å². The summed E-state index contributed by atoms with van der Waals surface area (Å²) in [7, 11) is -3.56. The summed E-state index contributed by atoms with van der Waals surface area (Å²) in [5.74, 6) is 1.03. The van der Waals surface area contributed by atoms with Crippen LogP contribution in [0.3, 0.4) is 0 Å². The third-order valence-electron chi connectivity index (χ3n) is 3.77. The third-order valence-corrected chi connectivity index (χ3v) is 6.75. The predicted octanol–water partition coefficient (Wildman–Crippen LogP) is 3.64. The topological polar surface area (TPSA) is 66.5 Å². The van der Waals surface area contributed by atoms with Crippen molar-refractivity contribution >= 4 is 56.0 Å². The molecular weight excluding hydrogens is 514 g/mol. The second-order valence-electron chi connectivity index (χ2n) is 6.13. The summed E-state index contributed by atoms with van der Waals surface area (Å²) in [4.78, 5) is 12.2. The first-order chi connectivity index (χ1) is 13.3. The highest BCUT2D eigenvalue weighted by Gasteiger charge is 2.20. The van der Waals surface area contributed by atoms with Gasteiger partial charge in [-0.1, -0.05) is 12.1 Å². The number of benzene rings is 2. The molecule has 0 saturated heterocycles. The summed E-state index contributed by atoms with van der Waals surface area (Å²) in [5.41, 5.74) is 1.52. The smallest absolute Gasteiger partial charge is 0.240 e. The van der Waals surface area contributed by atoms with Gasteiger partial charge in [0.05, 0.1) is 11.9 Å². The molecule has 0 unspecified atom stereocenters. The van der Waals surface area contributed by atoms with Crippen molar-refractivity contribution in [2.45, 2.75) is 12.2 Å². The second-order valence-corrected chi connectivity index (χ2v) is 10.4. The molecule has 0 aromatic heterocycles. The van der Waals surface area contributed by atoms with Gasteiger partial charge in [0, 0.05) is 15.9 Å². The van der Waals surface area contributed by atoms with Crippen LogP contribution in [0.1, 0.15) is 12.0 Å². The Morgan fingerprint density at radius 1 is 1.14 bits per heavy atom. The molecule has 0 aliphatic carbocycles. The molecule has 0 atom stereocenters. The average molecular weight is 536 g/mol. The predicted molar refractivity (Wildman–Crippen MR) is 122 cm³/mol. The van der Waals surface area contributed by atoms with Gasteiger partial charge < -0.3 is 5.32 Å². The lowest BCUT2D eigenvalue weighted by Crippen LogP contribution is -2.40. The SMILES string of the molecule is CS(=O)(=O)N(CC(=O)NCCCSCc1ccc(F)cc1)c1ccc(I)cc1. The third kappa shape index (κ3) is 7.96. The lowest BCUT2D eigenvalue weighted by atomic mass is 10.2. The van der Waals surface area contributed by atoms with E-state index >= 15 is 0 Å². The number of anilines is 1. The summed E-state index contributed by atoms with van der Waals surface area (Å²) < 4.78 is 39.0. The molecule has 0 aliphatic rings. The zero-order chi connectivity index (χ0) is 20.6. The number of carbonyl (C=O) groups is 1. The molecule has 28 heavy (non-hydrogen) atoms. The van der Waals surface area contributed by atoms with Crippen LogP contribution in [0, 0.1) is 9.39 Å². The average Bonchev–Trinajstić information content (AvgIpc) is 2.64. The van der Waals surface area contributed by atoms with E-state index in [0.29, 0.717) is 12.2 Å². The minimum absolute atomic E-state index is 0.246. The van der Waals surface area contributed by atoms with Gasteiger partial charge in [0.15, 0.2) is 0 Å². The number of nitrogens with one attached hydrogen (secondary N) is 1. The lowest BCUT2D eigenvalue weighted by Gasteiger charge is -2.22. The summed E-state index contributed by atoms with van der Waals surface area (Å²) in [5, 5.41) is 2.76. The van der Waals surface area contributed by atoms with Gasteiger partial charge in [-0.3, -0.25) is 9.10 Å². The number of hydrogen-bond acceptors (Lipinski definition) is 4. The van der Waals surface area contributed by atoms with Crippen LogP contribution in [0.25, 0.3) is 0 Å². The molecule has 9 heteroatoms. The Bertz CT molecular complexity index is 875. The van der Waals surface area contributed by atoms with Crippen molar-refractivity contribution in [3.05, 3.63) is 63.5 Å². The van der Waals surface area contributed by atoms with Gasteiger partial charge in [-0.25, -0.2) is 12.8 Å². The maximum Gasteiger partial charge on any atom is 0.240 e. The number of nitrogens with zero attached hydrogens (tertiary/aromatic N) is 1. The number of carbonyl (C=O) groups excluding carboxylic acids is 1. The van der Waals surface area contributed by atoms with Crippen LogP contribution >= 0.6 is 34.4 Å². The Labute approximate surface area is 183 Å². The number of halogens is 2. The highest BCUT2D eigenvalue weighted by atomic mass is 127. The highest BCUT2D eigenvalue weighted by Crippen LogP contribution is 2.19. The van der Waals surface area contributed by atoms with Gasteiger partial charge >= 0.3 is 0 Å². The van der Waals surface area contributed by atoms with Crippen LogP contribution in [0.4, 0.5) is 10.1 Å². The number of rotatable bonds is 10. The Morgan fingerprint density at radius 2 is 1.79 bits per heavy atom. The Morgan fingerprint density at radius 3 is 2.39 bits per heavy atom. The molecule has 152 valence electrons. The van der Waals surface area contributed by atoms with Crippen molar-refractivity contribution in [1.82, 2.24) is 5.32 Å². The molecule has 1 N–H and O–H groups in total. The fraction of sp³-hybridized carbons (Fsp3) is 0.316. The van der Waals surface area contributed by atoms with Gasteiger partial charge in [0.2, 0.25) is 15.9 Å². The lowest BCUT2D eigenvalue weighted by molar-refractivity contribution is -0.119. The van der Waals surface area contributed by atoms with E-state index in [2.05, 4.69) is 27.9 Å². The van der Waals surface area contributed by atoms with Gasteiger partial charge in [0.1, 0.15) is 12.4 Å². The van der Waals surface area contributed by atoms with E-state index < -0.39 is 10.0 Å². The summed E-state index contributed by atoms with van der Waals surface area (Å²) >= 11 is 3.83. The maximum atomic E-state index is 12.9. The van der Waals surface area contributed by atoms with E-state index in [4.69, 9.17) is 0 Å². The van der Waals surface area contributed by atoms with Gasteiger partial charge in [-0.15, -0.1) is 0 Å². The standard InChI is InChI=1S/C19H22FIN2O3S2/c1-28(25,26)23(18-9-7-17(21)8-10-18)13-19(24)22-11-2-12-27-14-15-3-5-16(20)6-4-15/h3-10H,2,11-14H2,1H3,(H,22,24). The van der Waals surface area contributed by atoms with Crippen LogP contribution in [0.2, 0.25) is 0 Å². The number of amides is 1. The van der Waals surface area contributed by atoms with Crippen molar-refractivity contribution in [2.24, 2.45) is 0 Å². The van der Waals surface area contributed by atoms with E-state index in [1.165, 1.54) is 12.1 Å². The number of thioether (sulfide) groups is 1. The quantitative estimate of drug-likeness (QED) is 0.372. The Balaban J connectivity index is 1.74. The van der Waals surface area contributed by atoms with Crippen molar-refractivity contribution < 1.29 is 17.6 Å². The fourth-order valence-corrected chi connectivity index (χ4v) is 4.50. The van der Waals surface area contributed by atoms with Crippen LogP contribution in [0.5, 0.6) is 0 Å². The van der Waals surface area contributed by atoms with Crippen LogP contribution in [-0.4, -0.2) is 39.4 Å². The zero-order valence-electron chi connectivity index (χ0n) is 15.4. The van der Waals surface area contributed by atoms with E-state index in [1.54, 1.807) is 48.2 Å². The Kier molecular flexibility index (Phi) is 9.03. The number of hydrogen-bond donors (Lipinski definition) is 1. The van der Waals surface area contributed by atoms with E-state index in [1.807, 2.05) is 0 Å². The molecule has 0 spiro atoms. The molecule has 0 heterocycles.